The summed E-state index contributed by atoms with van der Waals surface area (Å²) in [7, 11) is 3.21. The minimum Gasteiger partial charge on any atom is -0.495 e. The molecule has 0 aliphatic rings. The Morgan fingerprint density at radius 2 is 2.17 bits per heavy atom. The monoisotopic (exact) mass is 246 g/mol. The first-order valence-corrected chi connectivity index (χ1v) is 5.35. The summed E-state index contributed by atoms with van der Waals surface area (Å²) < 4.78 is 6.59. The second kappa shape index (κ2) is 4.79. The lowest BCUT2D eigenvalue weighted by Crippen LogP contribution is -2.18. The van der Waals surface area contributed by atoms with E-state index >= 15 is 0 Å². The third-order valence-electron chi connectivity index (χ3n) is 2.54. The Kier molecular flexibility index (Phi) is 3.18. The van der Waals surface area contributed by atoms with Gasteiger partial charge < -0.3 is 15.8 Å². The van der Waals surface area contributed by atoms with Crippen molar-refractivity contribution in [1.82, 2.24) is 9.78 Å². The Bertz CT molecular complexity index is 558. The van der Waals surface area contributed by atoms with Crippen molar-refractivity contribution in [3.8, 4) is 5.75 Å². The van der Waals surface area contributed by atoms with Gasteiger partial charge in [0.2, 0.25) is 0 Å². The molecular weight excluding hydrogens is 232 g/mol. The van der Waals surface area contributed by atoms with E-state index in [9.17, 15) is 4.79 Å². The quantitative estimate of drug-likeness (QED) is 0.854. The van der Waals surface area contributed by atoms with Crippen LogP contribution in [0.15, 0.2) is 30.5 Å². The maximum atomic E-state index is 12.1. The number of aryl methyl sites for hydroxylation is 1. The van der Waals surface area contributed by atoms with Crippen LogP contribution in [0.3, 0.4) is 0 Å². The van der Waals surface area contributed by atoms with Crippen molar-refractivity contribution in [1.29, 1.82) is 0 Å². The normalized spacial score (nSPS) is 10.1. The molecule has 0 fully saturated rings. The van der Waals surface area contributed by atoms with Gasteiger partial charge in [-0.15, -0.1) is 0 Å². The van der Waals surface area contributed by atoms with Gasteiger partial charge >= 0.3 is 0 Å². The minimum absolute atomic E-state index is 0.320. The van der Waals surface area contributed by atoms with Gasteiger partial charge in [0.1, 0.15) is 11.4 Å². The van der Waals surface area contributed by atoms with Crippen LogP contribution >= 0.6 is 0 Å². The summed E-state index contributed by atoms with van der Waals surface area (Å²) in [5.41, 5.74) is 6.94. The van der Waals surface area contributed by atoms with Crippen molar-refractivity contribution in [3.05, 3.63) is 36.2 Å². The van der Waals surface area contributed by atoms with Gasteiger partial charge in [-0.05, 0) is 12.1 Å². The number of methoxy groups -OCH3 is 1. The molecule has 0 saturated heterocycles. The maximum absolute atomic E-state index is 12.1. The van der Waals surface area contributed by atoms with Crippen molar-refractivity contribution in [2.75, 3.05) is 18.2 Å². The second-order valence-corrected chi connectivity index (χ2v) is 3.73. The number of anilines is 2. The molecule has 3 N–H and O–H groups in total. The van der Waals surface area contributed by atoms with Gasteiger partial charge in [0, 0.05) is 7.05 Å². The number of nitrogens with one attached hydrogen (secondary N) is 1. The molecule has 1 amide bonds. The fourth-order valence-electron chi connectivity index (χ4n) is 1.66. The molecule has 1 heterocycles. The third-order valence-corrected chi connectivity index (χ3v) is 2.54. The van der Waals surface area contributed by atoms with Crippen LogP contribution in [0, 0.1) is 0 Å². The molecule has 0 saturated carbocycles. The predicted octanol–water partition coefficient (Wildman–Crippen LogP) is 1.26. The maximum Gasteiger partial charge on any atom is 0.276 e. The first-order chi connectivity index (χ1) is 8.63. The van der Waals surface area contributed by atoms with Gasteiger partial charge in [0.25, 0.3) is 5.91 Å². The summed E-state index contributed by atoms with van der Waals surface area (Å²) in [4.78, 5) is 12.1. The number of nitrogens with zero attached hydrogens (tertiary/aromatic N) is 2. The van der Waals surface area contributed by atoms with Gasteiger partial charge in [0.15, 0.2) is 0 Å². The smallest absolute Gasteiger partial charge is 0.276 e. The van der Waals surface area contributed by atoms with Crippen LogP contribution in [0.2, 0.25) is 0 Å². The summed E-state index contributed by atoms with van der Waals surface area (Å²) in [5.74, 6) is 0.267. The van der Waals surface area contributed by atoms with Crippen LogP contribution in [0.25, 0.3) is 0 Å². The molecule has 2 rings (SSSR count). The van der Waals surface area contributed by atoms with Crippen molar-refractivity contribution in [2.24, 2.45) is 7.05 Å². The number of nitrogen functional groups attached to an aromatic ring is 1. The van der Waals surface area contributed by atoms with Gasteiger partial charge in [-0.1, -0.05) is 12.1 Å². The molecule has 0 aliphatic heterocycles. The zero-order valence-corrected chi connectivity index (χ0v) is 10.2. The zero-order chi connectivity index (χ0) is 13.1. The number of rotatable bonds is 3. The average molecular weight is 246 g/mol. The number of ether oxygens (including phenoxy) is 1. The van der Waals surface area contributed by atoms with Crippen molar-refractivity contribution < 1.29 is 9.53 Å². The number of aromatic nitrogens is 2. The van der Waals surface area contributed by atoms with Crippen LogP contribution in [0.4, 0.5) is 11.4 Å². The Labute approximate surface area is 104 Å². The van der Waals surface area contributed by atoms with Gasteiger partial charge in [-0.2, -0.15) is 5.10 Å². The standard InChI is InChI=1S/C12H14N4O2/c1-16-11(8(13)7-14-16)12(17)15-9-5-3-4-6-10(9)18-2/h3-7H,13H2,1-2H3,(H,15,17). The summed E-state index contributed by atoms with van der Waals surface area (Å²) in [5, 5.41) is 6.66. The molecule has 0 unspecified atom stereocenters. The zero-order valence-electron chi connectivity index (χ0n) is 10.2. The lowest BCUT2D eigenvalue weighted by molar-refractivity contribution is 0.101. The summed E-state index contributed by atoms with van der Waals surface area (Å²) in [6.07, 6.45) is 1.44. The number of hydrogen-bond acceptors (Lipinski definition) is 4. The van der Waals surface area contributed by atoms with Crippen LogP contribution in [0.5, 0.6) is 5.75 Å². The summed E-state index contributed by atoms with van der Waals surface area (Å²) in [6, 6.07) is 7.16. The first-order valence-electron chi connectivity index (χ1n) is 5.35. The van der Waals surface area contributed by atoms with Crippen molar-refractivity contribution >= 4 is 17.3 Å². The molecule has 2 aromatic rings. The number of benzene rings is 1. The number of carbonyl (C=O) groups excluding carboxylic acids is 1. The van der Waals surface area contributed by atoms with Gasteiger partial charge in [-0.3, -0.25) is 9.48 Å². The SMILES string of the molecule is COc1ccccc1NC(=O)c1c(N)cnn1C. The lowest BCUT2D eigenvalue weighted by Gasteiger charge is -2.10. The topological polar surface area (TPSA) is 82.2 Å². The number of carbonyl (C=O) groups is 1. The average Bonchev–Trinajstić information content (AvgIpc) is 2.69. The minimum atomic E-state index is -0.322. The van der Waals surface area contributed by atoms with Crippen molar-refractivity contribution in [2.45, 2.75) is 0 Å². The Hall–Kier alpha value is -2.50. The Balaban J connectivity index is 2.27. The molecule has 0 bridgehead atoms. The number of nitrogens with two attached hydrogens (primary N) is 1. The molecular formula is C12H14N4O2. The molecule has 6 heteroatoms. The molecule has 0 aliphatic carbocycles. The van der Waals surface area contributed by atoms with Crippen LogP contribution in [-0.2, 0) is 7.05 Å². The highest BCUT2D eigenvalue weighted by Crippen LogP contribution is 2.24. The van der Waals surface area contributed by atoms with E-state index in [0.29, 0.717) is 22.8 Å². The molecule has 18 heavy (non-hydrogen) atoms. The largest absolute Gasteiger partial charge is 0.495 e. The van der Waals surface area contributed by atoms with E-state index in [1.165, 1.54) is 10.9 Å². The third kappa shape index (κ3) is 2.13. The van der Waals surface area contributed by atoms with E-state index in [1.54, 1.807) is 26.3 Å². The molecule has 1 aromatic heterocycles. The van der Waals surface area contributed by atoms with Gasteiger partial charge in [-0.25, -0.2) is 0 Å². The second-order valence-electron chi connectivity index (χ2n) is 3.73. The number of hydrogen-bond donors (Lipinski definition) is 2. The Morgan fingerprint density at radius 3 is 2.78 bits per heavy atom. The molecule has 0 spiro atoms. The first kappa shape index (κ1) is 12.0. The summed E-state index contributed by atoms with van der Waals surface area (Å²) >= 11 is 0. The highest BCUT2D eigenvalue weighted by atomic mass is 16.5. The van der Waals surface area contributed by atoms with Gasteiger partial charge in [0.05, 0.1) is 24.7 Å². The van der Waals surface area contributed by atoms with E-state index in [-0.39, 0.29) is 5.91 Å². The molecule has 6 nitrogen and oxygen atoms in total. The highest BCUT2D eigenvalue weighted by Gasteiger charge is 2.16. The fraction of sp³-hybridized carbons (Fsp3) is 0.167. The molecule has 0 atom stereocenters. The molecule has 1 aromatic carbocycles. The van der Waals surface area contributed by atoms with E-state index in [2.05, 4.69) is 10.4 Å². The van der Waals surface area contributed by atoms with E-state index in [0.717, 1.165) is 0 Å². The van der Waals surface area contributed by atoms with Crippen LogP contribution in [-0.4, -0.2) is 22.8 Å². The lowest BCUT2D eigenvalue weighted by atomic mass is 10.2. The van der Waals surface area contributed by atoms with Crippen LogP contribution in [0.1, 0.15) is 10.5 Å². The number of para-hydroxylation sites is 2. The van der Waals surface area contributed by atoms with E-state index in [4.69, 9.17) is 10.5 Å². The summed E-state index contributed by atoms with van der Waals surface area (Å²) in [6.45, 7) is 0. The molecule has 94 valence electrons. The van der Waals surface area contributed by atoms with E-state index < -0.39 is 0 Å². The number of amides is 1. The fourth-order valence-corrected chi connectivity index (χ4v) is 1.66. The van der Waals surface area contributed by atoms with Crippen LogP contribution < -0.4 is 15.8 Å². The molecule has 0 radical (unpaired) electrons. The van der Waals surface area contributed by atoms with E-state index in [1.807, 2.05) is 12.1 Å². The Morgan fingerprint density at radius 1 is 1.44 bits per heavy atom. The van der Waals surface area contributed by atoms with Crippen molar-refractivity contribution in [3.63, 3.8) is 0 Å². The predicted molar refractivity (Wildman–Crippen MR) is 68.6 cm³/mol. The highest BCUT2D eigenvalue weighted by molar-refractivity contribution is 6.07.